The van der Waals surface area contributed by atoms with E-state index in [1.807, 2.05) is 28.0 Å². The average Bonchev–Trinajstić information content (AvgIpc) is 2.73. The lowest BCUT2D eigenvalue weighted by Crippen LogP contribution is -2.56. The zero-order valence-electron chi connectivity index (χ0n) is 18.4. The minimum atomic E-state index is 0.106. The Labute approximate surface area is 193 Å². The smallest absolute Gasteiger partial charge is 0.236 e. The SMILES string of the molecule is COc1ccc(Br)cc1CC(=O)N1CCN(CC(=O)N2CCN(C3CCC3)CC2)CC1. The number of hydrogen-bond acceptors (Lipinski definition) is 5. The highest BCUT2D eigenvalue weighted by Crippen LogP contribution is 2.26. The topological polar surface area (TPSA) is 56.3 Å². The molecule has 3 fully saturated rings. The molecular weight excluding hydrogens is 460 g/mol. The Bertz CT molecular complexity index is 785. The number of carbonyl (C=O) groups is 2. The highest BCUT2D eigenvalue weighted by molar-refractivity contribution is 9.10. The van der Waals surface area contributed by atoms with Gasteiger partial charge in [-0.1, -0.05) is 22.4 Å². The molecule has 1 aromatic rings. The summed E-state index contributed by atoms with van der Waals surface area (Å²) >= 11 is 3.47. The Morgan fingerprint density at radius 3 is 2.23 bits per heavy atom. The second-order valence-electron chi connectivity index (χ2n) is 8.79. The summed E-state index contributed by atoms with van der Waals surface area (Å²) in [5.41, 5.74) is 0.889. The van der Waals surface area contributed by atoms with E-state index in [0.29, 0.717) is 26.1 Å². The van der Waals surface area contributed by atoms with Crippen molar-refractivity contribution in [1.29, 1.82) is 0 Å². The highest BCUT2D eigenvalue weighted by atomic mass is 79.9. The molecule has 3 aliphatic rings. The molecular formula is C23H33BrN4O3. The molecule has 2 heterocycles. The molecule has 1 aromatic carbocycles. The van der Waals surface area contributed by atoms with E-state index in [-0.39, 0.29) is 11.8 Å². The summed E-state index contributed by atoms with van der Waals surface area (Å²) in [6.07, 6.45) is 4.33. The van der Waals surface area contributed by atoms with Crippen LogP contribution in [0.15, 0.2) is 22.7 Å². The molecule has 2 amide bonds. The third kappa shape index (κ3) is 5.59. The summed E-state index contributed by atoms with van der Waals surface area (Å²) in [7, 11) is 1.63. The van der Waals surface area contributed by atoms with Gasteiger partial charge in [-0.15, -0.1) is 0 Å². The van der Waals surface area contributed by atoms with Crippen LogP contribution in [0.25, 0.3) is 0 Å². The Morgan fingerprint density at radius 1 is 0.968 bits per heavy atom. The Balaban J connectivity index is 1.20. The lowest BCUT2D eigenvalue weighted by molar-refractivity contribution is -0.136. The number of halogens is 1. The van der Waals surface area contributed by atoms with Crippen LogP contribution in [0.3, 0.4) is 0 Å². The van der Waals surface area contributed by atoms with Gasteiger partial charge in [0, 0.05) is 68.4 Å². The van der Waals surface area contributed by atoms with Crippen molar-refractivity contribution in [3.05, 3.63) is 28.2 Å². The van der Waals surface area contributed by atoms with E-state index >= 15 is 0 Å². The van der Waals surface area contributed by atoms with Gasteiger partial charge < -0.3 is 14.5 Å². The minimum Gasteiger partial charge on any atom is -0.496 e. The van der Waals surface area contributed by atoms with Gasteiger partial charge in [-0.25, -0.2) is 0 Å². The Morgan fingerprint density at radius 2 is 1.61 bits per heavy atom. The van der Waals surface area contributed by atoms with Crippen LogP contribution in [0.5, 0.6) is 5.75 Å². The summed E-state index contributed by atoms with van der Waals surface area (Å²) in [6, 6.07) is 6.49. The molecule has 0 spiro atoms. The van der Waals surface area contributed by atoms with Crippen molar-refractivity contribution >= 4 is 27.7 Å². The first kappa shape index (κ1) is 22.6. The molecule has 0 atom stereocenters. The number of hydrogen-bond donors (Lipinski definition) is 0. The van der Waals surface area contributed by atoms with Crippen LogP contribution in [-0.2, 0) is 16.0 Å². The monoisotopic (exact) mass is 492 g/mol. The van der Waals surface area contributed by atoms with Crippen LogP contribution in [0, 0.1) is 0 Å². The van der Waals surface area contributed by atoms with Gasteiger partial charge in [0.05, 0.1) is 20.1 Å². The van der Waals surface area contributed by atoms with Crippen molar-refractivity contribution < 1.29 is 14.3 Å². The maximum absolute atomic E-state index is 12.8. The average molecular weight is 493 g/mol. The van der Waals surface area contributed by atoms with Crippen LogP contribution in [-0.4, -0.2) is 103 Å². The molecule has 1 aliphatic carbocycles. The largest absolute Gasteiger partial charge is 0.496 e. The molecule has 8 heteroatoms. The second-order valence-corrected chi connectivity index (χ2v) is 9.71. The third-order valence-electron chi connectivity index (χ3n) is 6.93. The first-order valence-electron chi connectivity index (χ1n) is 11.4. The molecule has 7 nitrogen and oxygen atoms in total. The molecule has 0 radical (unpaired) electrons. The van der Waals surface area contributed by atoms with Gasteiger partial charge in [0.2, 0.25) is 11.8 Å². The van der Waals surface area contributed by atoms with Gasteiger partial charge in [-0.05, 0) is 31.0 Å². The van der Waals surface area contributed by atoms with Gasteiger partial charge in [-0.2, -0.15) is 0 Å². The minimum absolute atomic E-state index is 0.106. The van der Waals surface area contributed by atoms with Crippen molar-refractivity contribution in [3.8, 4) is 5.75 Å². The predicted molar refractivity (Wildman–Crippen MR) is 123 cm³/mol. The molecule has 0 N–H and O–H groups in total. The van der Waals surface area contributed by atoms with Crippen LogP contribution in [0.4, 0.5) is 0 Å². The number of nitrogens with zero attached hydrogens (tertiary/aromatic N) is 4. The van der Waals surface area contributed by atoms with Gasteiger partial charge in [0.1, 0.15) is 5.75 Å². The fraction of sp³-hybridized carbons (Fsp3) is 0.652. The number of ether oxygens (including phenoxy) is 1. The number of piperazine rings is 2. The lowest BCUT2D eigenvalue weighted by Gasteiger charge is -2.43. The number of amides is 2. The predicted octanol–water partition coefficient (Wildman–Crippen LogP) is 1.84. The summed E-state index contributed by atoms with van der Waals surface area (Å²) in [4.78, 5) is 34.2. The lowest BCUT2D eigenvalue weighted by atomic mass is 9.91. The first-order valence-corrected chi connectivity index (χ1v) is 12.2. The quantitative estimate of drug-likeness (QED) is 0.606. The van der Waals surface area contributed by atoms with E-state index in [1.165, 1.54) is 19.3 Å². The Hall–Kier alpha value is -1.64. The molecule has 4 rings (SSSR count). The van der Waals surface area contributed by atoms with Crippen LogP contribution >= 0.6 is 15.9 Å². The van der Waals surface area contributed by atoms with Gasteiger partial charge in [0.15, 0.2) is 0 Å². The fourth-order valence-electron chi connectivity index (χ4n) is 4.70. The fourth-order valence-corrected chi connectivity index (χ4v) is 5.10. The standard InChI is InChI=1S/C23H33BrN4O3/c1-31-21-6-5-19(24)15-18(21)16-22(29)27-9-7-25(8-10-27)17-23(30)28-13-11-26(12-14-28)20-3-2-4-20/h5-6,15,20H,2-4,7-14,16-17H2,1H3. The molecule has 0 bridgehead atoms. The maximum atomic E-state index is 12.8. The van der Waals surface area contributed by atoms with E-state index in [2.05, 4.69) is 25.7 Å². The zero-order valence-corrected chi connectivity index (χ0v) is 20.0. The Kier molecular flexibility index (Phi) is 7.51. The maximum Gasteiger partial charge on any atom is 0.236 e. The number of rotatable bonds is 6. The summed E-state index contributed by atoms with van der Waals surface area (Å²) in [5.74, 6) is 1.07. The van der Waals surface area contributed by atoms with Crippen LogP contribution in [0.1, 0.15) is 24.8 Å². The van der Waals surface area contributed by atoms with Crippen molar-refractivity contribution in [3.63, 3.8) is 0 Å². The van der Waals surface area contributed by atoms with E-state index in [0.717, 1.165) is 61.1 Å². The van der Waals surface area contributed by atoms with Crippen LogP contribution in [0.2, 0.25) is 0 Å². The molecule has 0 aromatic heterocycles. The van der Waals surface area contributed by atoms with Gasteiger partial charge >= 0.3 is 0 Å². The van der Waals surface area contributed by atoms with Gasteiger partial charge in [0.25, 0.3) is 0 Å². The molecule has 0 unspecified atom stereocenters. The molecule has 31 heavy (non-hydrogen) atoms. The van der Waals surface area contributed by atoms with Crippen LogP contribution < -0.4 is 4.74 Å². The van der Waals surface area contributed by atoms with E-state index < -0.39 is 0 Å². The highest BCUT2D eigenvalue weighted by Gasteiger charge is 2.30. The van der Waals surface area contributed by atoms with Crippen molar-refractivity contribution in [1.82, 2.24) is 19.6 Å². The van der Waals surface area contributed by atoms with Crippen molar-refractivity contribution in [2.24, 2.45) is 0 Å². The van der Waals surface area contributed by atoms with E-state index in [4.69, 9.17) is 4.74 Å². The van der Waals surface area contributed by atoms with E-state index in [1.54, 1.807) is 7.11 Å². The first-order chi connectivity index (χ1) is 15.0. The summed E-state index contributed by atoms with van der Waals surface area (Å²) in [5, 5.41) is 0. The number of benzene rings is 1. The molecule has 1 saturated carbocycles. The normalized spacial score (nSPS) is 21.1. The number of methoxy groups -OCH3 is 1. The van der Waals surface area contributed by atoms with E-state index in [9.17, 15) is 9.59 Å². The number of carbonyl (C=O) groups excluding carboxylic acids is 2. The van der Waals surface area contributed by atoms with Crippen molar-refractivity contribution in [2.45, 2.75) is 31.7 Å². The summed E-state index contributed by atoms with van der Waals surface area (Å²) in [6.45, 7) is 7.00. The van der Waals surface area contributed by atoms with Gasteiger partial charge in [-0.3, -0.25) is 19.4 Å². The summed E-state index contributed by atoms with van der Waals surface area (Å²) < 4.78 is 6.33. The second kappa shape index (κ2) is 10.3. The molecule has 2 saturated heterocycles. The zero-order chi connectivity index (χ0) is 21.8. The third-order valence-corrected chi connectivity index (χ3v) is 7.42. The molecule has 170 valence electrons. The molecule has 2 aliphatic heterocycles. The van der Waals surface area contributed by atoms with Crippen molar-refractivity contribution in [2.75, 3.05) is 66.0 Å².